The molecule has 0 spiro atoms. The Morgan fingerprint density at radius 2 is 1.33 bits per heavy atom. The van der Waals surface area contributed by atoms with Crippen LogP contribution >= 0.6 is 35.0 Å². The van der Waals surface area contributed by atoms with E-state index in [0.29, 0.717) is 68.6 Å². The summed E-state index contributed by atoms with van der Waals surface area (Å²) in [6.45, 7) is 1.76. The van der Waals surface area contributed by atoms with E-state index >= 15 is 0 Å². The second kappa shape index (κ2) is 26.5. The van der Waals surface area contributed by atoms with Gasteiger partial charge in [0.2, 0.25) is 0 Å². The van der Waals surface area contributed by atoms with Crippen LogP contribution in [0.15, 0.2) is 110 Å². The zero-order chi connectivity index (χ0) is 40.6. The maximum atomic E-state index is 10.1. The van der Waals surface area contributed by atoms with Crippen molar-refractivity contribution >= 4 is 99.6 Å². The van der Waals surface area contributed by atoms with Gasteiger partial charge in [0.25, 0.3) is 0 Å². The van der Waals surface area contributed by atoms with Gasteiger partial charge in [-0.15, -0.1) is 20.5 Å². The van der Waals surface area contributed by atoms with E-state index in [1.165, 1.54) is 12.1 Å². The predicted octanol–water partition coefficient (Wildman–Crippen LogP) is -1.27. The summed E-state index contributed by atoms with van der Waals surface area (Å²) in [5.74, 6) is 0.713. The minimum Gasteiger partial charge on any atom is -0.748 e. The van der Waals surface area contributed by atoms with Crippen LogP contribution in [-0.4, -0.2) is 43.4 Å². The number of halogens is 1. The van der Waals surface area contributed by atoms with Gasteiger partial charge in [-0.25, -0.2) is 21.8 Å². The van der Waals surface area contributed by atoms with Crippen molar-refractivity contribution in [3.63, 3.8) is 0 Å². The van der Waals surface area contributed by atoms with E-state index in [-0.39, 0.29) is 72.2 Å². The Balaban J connectivity index is 0.00000223. The Hall–Kier alpha value is -3.58. The Labute approximate surface area is 383 Å². The van der Waals surface area contributed by atoms with Gasteiger partial charge in [-0.2, -0.15) is 14.9 Å². The molecule has 0 saturated heterocycles. The van der Waals surface area contributed by atoms with E-state index in [1.807, 2.05) is 60.7 Å². The molecule has 0 aliphatic heterocycles. The average Bonchev–Trinajstić information content (AvgIpc) is 3.51. The summed E-state index contributed by atoms with van der Waals surface area (Å²) < 4.78 is 58.7. The van der Waals surface area contributed by atoms with Crippen molar-refractivity contribution in [1.29, 1.82) is 10.5 Å². The van der Waals surface area contributed by atoms with Crippen LogP contribution in [0.5, 0.6) is 0 Å². The van der Waals surface area contributed by atoms with Crippen LogP contribution in [0.4, 0.5) is 44.4 Å². The molecule has 2 aromatic heterocycles. The number of nitriles is 2. The van der Waals surface area contributed by atoms with Crippen LogP contribution in [0.2, 0.25) is 5.02 Å². The summed E-state index contributed by atoms with van der Waals surface area (Å²) in [6, 6.07) is 29.4. The van der Waals surface area contributed by atoms with E-state index in [1.54, 1.807) is 19.1 Å². The van der Waals surface area contributed by atoms with Crippen molar-refractivity contribution in [1.82, 2.24) is 4.98 Å². The first-order chi connectivity index (χ1) is 26.0. The van der Waals surface area contributed by atoms with Crippen molar-refractivity contribution in [2.45, 2.75) is 11.8 Å². The molecule has 286 valence electrons. The fourth-order valence-electron chi connectivity index (χ4n) is 3.89. The molecule has 0 bridgehead atoms. The number of para-hydroxylation sites is 2. The first kappa shape index (κ1) is 54.4. The maximum Gasteiger partial charge on any atom is 1.00 e. The number of pyridine rings is 1. The number of thiophene rings is 1. The SMILES string of the molecule is CS(=O)(=O)[O-].CS(=O)(=O)[O-].Cc1c(C#N)c(Nc2ccccc2)nc(Nc2ccccc2)c1N=Nc1sc(N=Nc2ccc(SOO[O-])cc2Cl)cc1C#N.[Li+].[Li+].[Li+]. The summed E-state index contributed by atoms with van der Waals surface area (Å²) in [5.41, 5.74) is 3.25. The van der Waals surface area contributed by atoms with Gasteiger partial charge < -0.3 is 25.0 Å². The fourth-order valence-corrected chi connectivity index (χ4v) is 5.32. The van der Waals surface area contributed by atoms with Crippen LogP contribution in [0.1, 0.15) is 16.7 Å². The van der Waals surface area contributed by atoms with Crippen molar-refractivity contribution in [2.24, 2.45) is 20.5 Å². The third-order valence-electron chi connectivity index (χ3n) is 5.99. The largest absolute Gasteiger partial charge is 1.00 e. The molecule has 2 heterocycles. The van der Waals surface area contributed by atoms with Gasteiger partial charge in [0.05, 0.1) is 48.4 Å². The quantitative estimate of drug-likeness (QED) is 0.0391. The normalized spacial score (nSPS) is 10.6. The zero-order valence-electron chi connectivity index (χ0n) is 31.4. The standard InChI is InChI=1S/C30H20ClN9O3S2.2CH4O3S.3Li/c1-18-23(17-33)28(34-20-8-4-2-5-9-20)36-29(35-21-10-6-3-7-11-21)27(18)39-40-30-19(16-32)14-26(44-30)38-37-25-13-12-22(15-24(25)31)45-43-42-41;2*1-5(2,3)4;;;/h2-15,41H,1H3,(H2,34,35,36);2*1H3,(H,2,3,4);;;/q;;;3*+1/p-3. The van der Waals surface area contributed by atoms with Crippen LogP contribution < -0.4 is 72.5 Å². The van der Waals surface area contributed by atoms with Crippen LogP contribution in [-0.2, 0) is 29.6 Å². The molecule has 0 unspecified atom stereocenters. The fraction of sp³-hybridized carbons (Fsp3) is 0.0938. The molecule has 58 heavy (non-hydrogen) atoms. The summed E-state index contributed by atoms with van der Waals surface area (Å²) >= 11 is 8.05. The number of hydrogen-bond acceptors (Lipinski definition) is 20. The smallest absolute Gasteiger partial charge is 0.748 e. The van der Waals surface area contributed by atoms with E-state index < -0.39 is 20.2 Å². The molecule has 0 atom stereocenters. The molecule has 5 rings (SSSR count). The van der Waals surface area contributed by atoms with E-state index in [0.717, 1.165) is 22.7 Å². The van der Waals surface area contributed by atoms with Crippen LogP contribution in [0, 0.1) is 29.6 Å². The molecular weight excluding hydrogens is 839 g/mol. The molecule has 0 saturated carbocycles. The number of aromatic nitrogens is 1. The molecule has 3 aromatic carbocycles. The summed E-state index contributed by atoms with van der Waals surface area (Å²) in [7, 11) is -7.83. The van der Waals surface area contributed by atoms with Crippen molar-refractivity contribution in [2.75, 3.05) is 23.1 Å². The molecule has 0 amide bonds. The van der Waals surface area contributed by atoms with Gasteiger partial charge in [0.1, 0.15) is 28.5 Å². The monoisotopic (exact) mass is 863 g/mol. The maximum absolute atomic E-state index is 10.1. The van der Waals surface area contributed by atoms with Gasteiger partial charge in [-0.1, -0.05) is 59.3 Å². The Kier molecular flexibility index (Phi) is 24.9. The Bertz CT molecular complexity index is 2430. The molecular formula is C32H25ClLi3N9O9S4. The predicted molar refractivity (Wildman–Crippen MR) is 201 cm³/mol. The molecule has 0 aliphatic rings. The summed E-state index contributed by atoms with van der Waals surface area (Å²) in [5, 5.41) is 57.8. The molecule has 18 nitrogen and oxygen atoms in total. The summed E-state index contributed by atoms with van der Waals surface area (Å²) in [4.78, 5) is 5.23. The minimum atomic E-state index is -3.92. The number of benzene rings is 3. The molecule has 0 fully saturated rings. The third kappa shape index (κ3) is 19.9. The van der Waals surface area contributed by atoms with E-state index in [2.05, 4.69) is 52.6 Å². The van der Waals surface area contributed by atoms with Crippen molar-refractivity contribution < 1.29 is 97.2 Å². The molecule has 26 heteroatoms. The molecule has 2 N–H and O–H groups in total. The third-order valence-corrected chi connectivity index (χ3v) is 7.77. The number of nitrogens with zero attached hydrogens (tertiary/aromatic N) is 7. The summed E-state index contributed by atoms with van der Waals surface area (Å²) in [6.07, 6.45) is 1.21. The van der Waals surface area contributed by atoms with E-state index in [9.17, 15) is 15.8 Å². The number of rotatable bonds is 11. The van der Waals surface area contributed by atoms with Crippen LogP contribution in [0.3, 0.4) is 0 Å². The Morgan fingerprint density at radius 1 is 0.793 bits per heavy atom. The van der Waals surface area contributed by atoms with Crippen LogP contribution in [0.25, 0.3) is 0 Å². The average molecular weight is 864 g/mol. The topological polar surface area (TPSA) is 290 Å². The second-order valence-corrected chi connectivity index (χ2v) is 15.3. The van der Waals surface area contributed by atoms with Gasteiger partial charge in [-0.05, 0) is 55.5 Å². The first-order valence-electron chi connectivity index (χ1n) is 14.7. The number of anilines is 4. The molecule has 0 radical (unpaired) electrons. The second-order valence-electron chi connectivity index (χ2n) is 10.3. The van der Waals surface area contributed by atoms with Gasteiger partial charge in [-0.3, -0.25) is 5.04 Å². The number of nitrogens with one attached hydrogen (secondary N) is 2. The first-order valence-corrected chi connectivity index (χ1v) is 20.3. The van der Waals surface area contributed by atoms with Gasteiger partial charge >= 0.3 is 56.6 Å². The molecule has 5 aromatic rings. The minimum absolute atomic E-state index is 0. The van der Waals surface area contributed by atoms with Gasteiger partial charge in [0, 0.05) is 34.3 Å². The van der Waals surface area contributed by atoms with Crippen molar-refractivity contribution in [3.05, 3.63) is 107 Å². The zero-order valence-corrected chi connectivity index (χ0v) is 35.4. The van der Waals surface area contributed by atoms with E-state index in [4.69, 9.17) is 42.5 Å². The molecule has 0 aliphatic carbocycles. The number of hydrogen-bond donors (Lipinski definition) is 2. The Morgan fingerprint density at radius 3 is 1.81 bits per heavy atom. The van der Waals surface area contributed by atoms with Crippen molar-refractivity contribution in [3.8, 4) is 12.1 Å². The van der Waals surface area contributed by atoms with Gasteiger partial charge in [0.15, 0.2) is 16.6 Å². The number of azo groups is 2.